The topological polar surface area (TPSA) is 70.1 Å². The molecule has 0 radical (unpaired) electrons. The monoisotopic (exact) mass is 270 g/mol. The number of rotatable bonds is 3. The molecule has 0 aromatic carbocycles. The summed E-state index contributed by atoms with van der Waals surface area (Å²) in [6.45, 7) is 5.98. The fourth-order valence-corrected chi connectivity index (χ4v) is 2.95. The number of hydrogen-bond acceptors (Lipinski definition) is 4. The maximum absolute atomic E-state index is 12.2. The van der Waals surface area contributed by atoms with Gasteiger partial charge in [0, 0.05) is 13.1 Å². The molecule has 3 atom stereocenters. The second-order valence-electron chi connectivity index (χ2n) is 5.52. The number of hydrogen-bond donors (Lipinski definition) is 1. The first-order valence-corrected chi connectivity index (χ1v) is 6.87. The van der Waals surface area contributed by atoms with Gasteiger partial charge < -0.3 is 14.7 Å². The summed E-state index contributed by atoms with van der Waals surface area (Å²) in [6.07, 6.45) is 1.57. The Bertz CT molecular complexity index is 351. The van der Waals surface area contributed by atoms with Crippen LogP contribution in [-0.4, -0.2) is 71.2 Å². The molecular weight excluding hydrogens is 248 g/mol. The van der Waals surface area contributed by atoms with E-state index in [0.29, 0.717) is 26.1 Å². The van der Waals surface area contributed by atoms with Crippen molar-refractivity contribution in [3.63, 3.8) is 0 Å². The molecule has 19 heavy (non-hydrogen) atoms. The Morgan fingerprint density at radius 1 is 1.26 bits per heavy atom. The summed E-state index contributed by atoms with van der Waals surface area (Å²) in [5, 5.41) is 9.10. The number of carboxylic acid groups (broad SMARTS) is 1. The van der Waals surface area contributed by atoms with Crippen molar-refractivity contribution >= 4 is 11.9 Å². The number of likely N-dealkylation sites (tertiary alicyclic amines) is 1. The summed E-state index contributed by atoms with van der Waals surface area (Å²) < 4.78 is 5.59. The predicted molar refractivity (Wildman–Crippen MR) is 68.8 cm³/mol. The molecule has 2 aliphatic rings. The van der Waals surface area contributed by atoms with Gasteiger partial charge in [-0.05, 0) is 33.2 Å². The van der Waals surface area contributed by atoms with E-state index in [9.17, 15) is 9.59 Å². The molecule has 0 saturated carbocycles. The normalized spacial score (nSPS) is 32.5. The summed E-state index contributed by atoms with van der Waals surface area (Å²) in [7, 11) is 0. The molecule has 108 valence electrons. The second-order valence-corrected chi connectivity index (χ2v) is 5.52. The van der Waals surface area contributed by atoms with Gasteiger partial charge in [0.15, 0.2) is 0 Å². The standard InChI is InChI=1S/C13H22N2O4/c1-9-6-15(7-10(2)19-9)12(16)8-14-5-3-4-11(14)13(17)18/h9-11H,3-8H2,1-2H3,(H,17,18)/t9-,10+,11-/m0/s1. The zero-order valence-electron chi connectivity index (χ0n) is 11.5. The third-order valence-electron chi connectivity index (χ3n) is 3.76. The summed E-state index contributed by atoms with van der Waals surface area (Å²) in [6, 6.07) is -0.500. The van der Waals surface area contributed by atoms with E-state index in [2.05, 4.69) is 0 Å². The number of ether oxygens (including phenoxy) is 1. The molecule has 6 heteroatoms. The van der Waals surface area contributed by atoms with Crippen LogP contribution < -0.4 is 0 Å². The van der Waals surface area contributed by atoms with Crippen molar-refractivity contribution < 1.29 is 19.4 Å². The number of carbonyl (C=O) groups is 2. The molecule has 1 amide bonds. The number of morpholine rings is 1. The van der Waals surface area contributed by atoms with E-state index in [4.69, 9.17) is 9.84 Å². The van der Waals surface area contributed by atoms with Crippen LogP contribution in [-0.2, 0) is 14.3 Å². The number of nitrogens with zero attached hydrogens (tertiary/aromatic N) is 2. The predicted octanol–water partition coefficient (Wildman–Crippen LogP) is 0.171. The summed E-state index contributed by atoms with van der Waals surface area (Å²) in [4.78, 5) is 26.9. The lowest BCUT2D eigenvalue weighted by Crippen LogP contribution is -2.52. The minimum Gasteiger partial charge on any atom is -0.480 e. The van der Waals surface area contributed by atoms with E-state index in [0.717, 1.165) is 6.42 Å². The SMILES string of the molecule is C[C@@H]1CN(C(=O)CN2CCC[C@H]2C(=O)O)C[C@H](C)O1. The van der Waals surface area contributed by atoms with Crippen LogP contribution in [0.4, 0.5) is 0 Å². The van der Waals surface area contributed by atoms with Crippen molar-refractivity contribution in [2.75, 3.05) is 26.2 Å². The van der Waals surface area contributed by atoms with Gasteiger partial charge in [-0.15, -0.1) is 0 Å². The largest absolute Gasteiger partial charge is 0.480 e. The van der Waals surface area contributed by atoms with Crippen molar-refractivity contribution in [3.05, 3.63) is 0 Å². The van der Waals surface area contributed by atoms with Gasteiger partial charge in [0.25, 0.3) is 0 Å². The highest BCUT2D eigenvalue weighted by atomic mass is 16.5. The fraction of sp³-hybridized carbons (Fsp3) is 0.846. The lowest BCUT2D eigenvalue weighted by Gasteiger charge is -2.36. The third-order valence-corrected chi connectivity index (χ3v) is 3.76. The molecule has 2 heterocycles. The van der Waals surface area contributed by atoms with E-state index in [-0.39, 0.29) is 24.7 Å². The molecule has 6 nitrogen and oxygen atoms in total. The Labute approximate surface area is 113 Å². The smallest absolute Gasteiger partial charge is 0.320 e. The lowest BCUT2D eigenvalue weighted by atomic mass is 10.2. The van der Waals surface area contributed by atoms with Crippen LogP contribution in [0, 0.1) is 0 Å². The first-order chi connectivity index (χ1) is 8.97. The molecular formula is C13H22N2O4. The van der Waals surface area contributed by atoms with E-state index < -0.39 is 12.0 Å². The molecule has 0 unspecified atom stereocenters. The number of carboxylic acids is 1. The molecule has 0 aromatic rings. The van der Waals surface area contributed by atoms with Gasteiger partial charge in [-0.3, -0.25) is 14.5 Å². The first kappa shape index (κ1) is 14.3. The van der Waals surface area contributed by atoms with Crippen LogP contribution in [0.2, 0.25) is 0 Å². The van der Waals surface area contributed by atoms with Crippen LogP contribution in [0.25, 0.3) is 0 Å². The van der Waals surface area contributed by atoms with E-state index in [1.165, 1.54) is 0 Å². The van der Waals surface area contributed by atoms with Gasteiger partial charge in [-0.2, -0.15) is 0 Å². The summed E-state index contributed by atoms with van der Waals surface area (Å²) in [5.41, 5.74) is 0. The second kappa shape index (κ2) is 5.88. The fourth-order valence-electron chi connectivity index (χ4n) is 2.95. The van der Waals surface area contributed by atoms with Gasteiger partial charge in [0.05, 0.1) is 18.8 Å². The van der Waals surface area contributed by atoms with Crippen LogP contribution >= 0.6 is 0 Å². The van der Waals surface area contributed by atoms with E-state index in [1.807, 2.05) is 13.8 Å². The lowest BCUT2D eigenvalue weighted by molar-refractivity contribution is -0.147. The maximum atomic E-state index is 12.2. The zero-order chi connectivity index (χ0) is 14.0. The highest BCUT2D eigenvalue weighted by Gasteiger charge is 2.34. The van der Waals surface area contributed by atoms with Crippen molar-refractivity contribution in [3.8, 4) is 0 Å². The Morgan fingerprint density at radius 2 is 1.89 bits per heavy atom. The molecule has 2 rings (SSSR count). The third kappa shape index (κ3) is 3.45. The number of carbonyl (C=O) groups excluding carboxylic acids is 1. The molecule has 0 bridgehead atoms. The average Bonchev–Trinajstić information content (AvgIpc) is 2.75. The van der Waals surface area contributed by atoms with Gasteiger partial charge in [-0.25, -0.2) is 0 Å². The molecule has 2 aliphatic heterocycles. The van der Waals surface area contributed by atoms with Crippen molar-refractivity contribution in [1.82, 2.24) is 9.80 Å². The number of aliphatic carboxylic acids is 1. The van der Waals surface area contributed by atoms with Crippen molar-refractivity contribution in [2.45, 2.75) is 44.9 Å². The molecule has 2 saturated heterocycles. The van der Waals surface area contributed by atoms with Gasteiger partial charge >= 0.3 is 5.97 Å². The molecule has 0 aliphatic carbocycles. The Hall–Kier alpha value is -1.14. The first-order valence-electron chi connectivity index (χ1n) is 6.87. The molecule has 2 fully saturated rings. The molecule has 1 N–H and O–H groups in total. The van der Waals surface area contributed by atoms with Gasteiger partial charge in [0.1, 0.15) is 6.04 Å². The highest BCUT2D eigenvalue weighted by Crippen LogP contribution is 2.18. The molecule has 0 aromatic heterocycles. The van der Waals surface area contributed by atoms with Crippen LogP contribution in [0.3, 0.4) is 0 Å². The zero-order valence-corrected chi connectivity index (χ0v) is 11.5. The van der Waals surface area contributed by atoms with E-state index >= 15 is 0 Å². The Balaban J connectivity index is 1.91. The quantitative estimate of drug-likeness (QED) is 0.791. The van der Waals surface area contributed by atoms with Crippen molar-refractivity contribution in [2.24, 2.45) is 0 Å². The Morgan fingerprint density at radius 3 is 2.47 bits per heavy atom. The van der Waals surface area contributed by atoms with Gasteiger partial charge in [0.2, 0.25) is 5.91 Å². The Kier molecular flexibility index (Phi) is 4.42. The molecule has 0 spiro atoms. The van der Waals surface area contributed by atoms with E-state index in [1.54, 1.807) is 9.80 Å². The summed E-state index contributed by atoms with van der Waals surface area (Å²) in [5.74, 6) is -0.816. The highest BCUT2D eigenvalue weighted by molar-refractivity contribution is 5.80. The van der Waals surface area contributed by atoms with Crippen LogP contribution in [0.5, 0.6) is 0 Å². The average molecular weight is 270 g/mol. The summed E-state index contributed by atoms with van der Waals surface area (Å²) >= 11 is 0. The minimum atomic E-state index is -0.825. The van der Waals surface area contributed by atoms with Crippen LogP contribution in [0.15, 0.2) is 0 Å². The van der Waals surface area contributed by atoms with Gasteiger partial charge in [-0.1, -0.05) is 0 Å². The maximum Gasteiger partial charge on any atom is 0.320 e. The van der Waals surface area contributed by atoms with Crippen molar-refractivity contribution in [1.29, 1.82) is 0 Å². The minimum absolute atomic E-state index is 0.00940. The number of amides is 1. The van der Waals surface area contributed by atoms with Crippen LogP contribution in [0.1, 0.15) is 26.7 Å².